The SMILES string of the molecule is C[C@H](Sc1nc(C2CC2)n(-c2ccccc2)n1)C(=O)c1c[nH]c2ccccc12. The maximum atomic E-state index is 13.0. The molecule has 6 heteroatoms. The van der Waals surface area contributed by atoms with Crippen molar-refractivity contribution in [3.8, 4) is 5.69 Å². The summed E-state index contributed by atoms with van der Waals surface area (Å²) in [5.74, 6) is 1.56. The first-order valence-corrected chi connectivity index (χ1v) is 10.4. The summed E-state index contributed by atoms with van der Waals surface area (Å²) in [5.41, 5.74) is 2.71. The molecular formula is C22H20N4OS. The van der Waals surface area contributed by atoms with E-state index in [4.69, 9.17) is 10.1 Å². The maximum Gasteiger partial charge on any atom is 0.209 e. The second-order valence-electron chi connectivity index (χ2n) is 7.15. The second kappa shape index (κ2) is 6.95. The van der Waals surface area contributed by atoms with Crippen molar-refractivity contribution in [3.63, 3.8) is 0 Å². The predicted octanol–water partition coefficient (Wildman–Crippen LogP) is 4.99. The van der Waals surface area contributed by atoms with Crippen molar-refractivity contribution < 1.29 is 4.79 Å². The molecular weight excluding hydrogens is 368 g/mol. The molecule has 0 unspecified atom stereocenters. The Labute approximate surface area is 167 Å². The standard InChI is InChI=1S/C22H20N4OS/c1-14(20(27)18-13-23-19-10-6-5-9-17(18)19)28-22-24-21(15-11-12-15)26(25-22)16-7-3-2-4-8-16/h2-10,13-15,23H,11-12H2,1H3/t14-/m0/s1. The number of carbonyl (C=O) groups excluding carboxylic acids is 1. The first kappa shape index (κ1) is 17.3. The number of hydrogen-bond donors (Lipinski definition) is 1. The lowest BCUT2D eigenvalue weighted by Crippen LogP contribution is -2.13. The van der Waals surface area contributed by atoms with Crippen LogP contribution in [0.2, 0.25) is 0 Å². The van der Waals surface area contributed by atoms with E-state index < -0.39 is 0 Å². The number of rotatable bonds is 6. The van der Waals surface area contributed by atoms with Crippen molar-refractivity contribution in [3.05, 3.63) is 72.2 Å². The molecule has 1 aliphatic rings. The molecule has 140 valence electrons. The predicted molar refractivity (Wildman–Crippen MR) is 111 cm³/mol. The molecule has 1 saturated carbocycles. The number of thioether (sulfide) groups is 1. The van der Waals surface area contributed by atoms with Gasteiger partial charge in [0.15, 0.2) is 5.78 Å². The number of carbonyl (C=O) groups is 1. The molecule has 0 amide bonds. The highest BCUT2D eigenvalue weighted by atomic mass is 32.2. The number of nitrogens with one attached hydrogen (secondary N) is 1. The van der Waals surface area contributed by atoms with Crippen molar-refractivity contribution in [2.75, 3.05) is 0 Å². The number of fused-ring (bicyclic) bond motifs is 1. The minimum atomic E-state index is -0.266. The molecule has 1 aliphatic carbocycles. The molecule has 5 rings (SSSR count). The summed E-state index contributed by atoms with van der Waals surface area (Å²) in [4.78, 5) is 21.0. The molecule has 0 spiro atoms. The van der Waals surface area contributed by atoms with Crippen LogP contribution in [0.5, 0.6) is 0 Å². The normalized spacial score (nSPS) is 15.0. The Morgan fingerprint density at radius 1 is 1.14 bits per heavy atom. The highest BCUT2D eigenvalue weighted by molar-refractivity contribution is 8.00. The van der Waals surface area contributed by atoms with Gasteiger partial charge in [-0.3, -0.25) is 4.79 Å². The molecule has 0 radical (unpaired) electrons. The molecule has 4 aromatic rings. The Kier molecular flexibility index (Phi) is 4.28. The van der Waals surface area contributed by atoms with Crippen LogP contribution in [0, 0.1) is 0 Å². The topological polar surface area (TPSA) is 63.6 Å². The van der Waals surface area contributed by atoms with E-state index in [0.717, 1.165) is 40.8 Å². The number of benzene rings is 2. The van der Waals surface area contributed by atoms with Crippen LogP contribution in [-0.4, -0.2) is 30.8 Å². The van der Waals surface area contributed by atoms with Crippen LogP contribution in [0.1, 0.15) is 41.9 Å². The maximum absolute atomic E-state index is 13.0. The van der Waals surface area contributed by atoms with E-state index in [1.807, 2.05) is 66.2 Å². The van der Waals surface area contributed by atoms with Crippen molar-refractivity contribution in [2.45, 2.75) is 36.1 Å². The number of Topliss-reactive ketones (excluding diaryl/α,β-unsaturated/α-hetero) is 1. The number of ketones is 1. The Hall–Kier alpha value is -2.86. The first-order chi connectivity index (χ1) is 13.7. The fourth-order valence-electron chi connectivity index (χ4n) is 3.43. The summed E-state index contributed by atoms with van der Waals surface area (Å²) in [7, 11) is 0. The summed E-state index contributed by atoms with van der Waals surface area (Å²) >= 11 is 1.43. The summed E-state index contributed by atoms with van der Waals surface area (Å²) in [6.07, 6.45) is 4.11. The number of aromatic nitrogens is 4. The fraction of sp³-hybridized carbons (Fsp3) is 0.227. The van der Waals surface area contributed by atoms with Gasteiger partial charge in [-0.25, -0.2) is 9.67 Å². The van der Waals surface area contributed by atoms with Gasteiger partial charge in [-0.05, 0) is 38.0 Å². The Morgan fingerprint density at radius 3 is 2.68 bits per heavy atom. The molecule has 1 N–H and O–H groups in total. The summed E-state index contributed by atoms with van der Waals surface area (Å²) in [6.45, 7) is 1.93. The number of H-pyrrole nitrogens is 1. The van der Waals surface area contributed by atoms with E-state index >= 15 is 0 Å². The molecule has 2 aromatic heterocycles. The quantitative estimate of drug-likeness (QED) is 0.373. The second-order valence-corrected chi connectivity index (χ2v) is 8.45. The van der Waals surface area contributed by atoms with Crippen molar-refractivity contribution in [2.24, 2.45) is 0 Å². The van der Waals surface area contributed by atoms with E-state index in [9.17, 15) is 4.79 Å². The van der Waals surface area contributed by atoms with E-state index in [-0.39, 0.29) is 11.0 Å². The van der Waals surface area contributed by atoms with E-state index in [2.05, 4.69) is 4.98 Å². The molecule has 1 atom stereocenters. The average molecular weight is 388 g/mol. The zero-order chi connectivity index (χ0) is 19.1. The molecule has 2 heterocycles. The summed E-state index contributed by atoms with van der Waals surface area (Å²) in [5, 5.41) is 6.07. The van der Waals surface area contributed by atoms with Gasteiger partial charge in [-0.2, -0.15) is 0 Å². The molecule has 2 aromatic carbocycles. The zero-order valence-electron chi connectivity index (χ0n) is 15.5. The van der Waals surface area contributed by atoms with Gasteiger partial charge in [0.1, 0.15) is 5.82 Å². The molecule has 1 fully saturated rings. The van der Waals surface area contributed by atoms with Gasteiger partial charge in [0.25, 0.3) is 0 Å². The van der Waals surface area contributed by atoms with Crippen LogP contribution in [0.3, 0.4) is 0 Å². The van der Waals surface area contributed by atoms with Gasteiger partial charge in [-0.15, -0.1) is 5.10 Å². The number of aromatic amines is 1. The van der Waals surface area contributed by atoms with E-state index in [1.165, 1.54) is 11.8 Å². The third-order valence-corrected chi connectivity index (χ3v) is 6.01. The highest BCUT2D eigenvalue weighted by Crippen LogP contribution is 2.40. The fourth-order valence-corrected chi connectivity index (χ4v) is 4.25. The van der Waals surface area contributed by atoms with Crippen molar-refractivity contribution in [1.29, 1.82) is 0 Å². The molecule has 0 bridgehead atoms. The number of para-hydroxylation sites is 2. The Balaban J connectivity index is 1.42. The number of hydrogen-bond acceptors (Lipinski definition) is 4. The molecule has 0 aliphatic heterocycles. The largest absolute Gasteiger partial charge is 0.360 e. The molecule has 5 nitrogen and oxygen atoms in total. The van der Waals surface area contributed by atoms with Crippen LogP contribution in [-0.2, 0) is 0 Å². The highest BCUT2D eigenvalue weighted by Gasteiger charge is 2.31. The lowest BCUT2D eigenvalue weighted by molar-refractivity contribution is 0.0995. The zero-order valence-corrected chi connectivity index (χ0v) is 16.3. The lowest BCUT2D eigenvalue weighted by atomic mass is 10.1. The average Bonchev–Trinajstić information content (AvgIpc) is 3.35. The first-order valence-electron chi connectivity index (χ1n) is 9.50. The van der Waals surface area contributed by atoms with Crippen molar-refractivity contribution in [1.82, 2.24) is 19.7 Å². The Morgan fingerprint density at radius 2 is 1.89 bits per heavy atom. The van der Waals surface area contributed by atoms with Crippen LogP contribution in [0.4, 0.5) is 0 Å². The minimum absolute atomic E-state index is 0.0893. The summed E-state index contributed by atoms with van der Waals surface area (Å²) < 4.78 is 1.93. The van der Waals surface area contributed by atoms with Crippen LogP contribution in [0.15, 0.2) is 66.0 Å². The van der Waals surface area contributed by atoms with Gasteiger partial charge in [0.05, 0.1) is 10.9 Å². The number of nitrogens with zero attached hydrogens (tertiary/aromatic N) is 3. The Bertz CT molecular complexity index is 1140. The third kappa shape index (κ3) is 3.14. The van der Waals surface area contributed by atoms with Gasteiger partial charge in [0.2, 0.25) is 5.16 Å². The lowest BCUT2D eigenvalue weighted by Gasteiger charge is -2.07. The monoisotopic (exact) mass is 388 g/mol. The van der Waals surface area contributed by atoms with Crippen LogP contribution >= 0.6 is 11.8 Å². The van der Waals surface area contributed by atoms with E-state index in [1.54, 1.807) is 6.20 Å². The van der Waals surface area contributed by atoms with Gasteiger partial charge in [0, 0.05) is 28.6 Å². The summed E-state index contributed by atoms with van der Waals surface area (Å²) in [6, 6.07) is 18.0. The van der Waals surface area contributed by atoms with Crippen LogP contribution < -0.4 is 0 Å². The van der Waals surface area contributed by atoms with E-state index in [0.29, 0.717) is 11.1 Å². The van der Waals surface area contributed by atoms with Gasteiger partial charge < -0.3 is 4.98 Å². The molecule has 0 saturated heterocycles. The van der Waals surface area contributed by atoms with Crippen LogP contribution in [0.25, 0.3) is 16.6 Å². The smallest absolute Gasteiger partial charge is 0.209 e. The van der Waals surface area contributed by atoms with Gasteiger partial charge in [-0.1, -0.05) is 48.2 Å². The van der Waals surface area contributed by atoms with Crippen molar-refractivity contribution >= 4 is 28.4 Å². The minimum Gasteiger partial charge on any atom is -0.360 e. The molecule has 28 heavy (non-hydrogen) atoms. The third-order valence-electron chi connectivity index (χ3n) is 5.06. The van der Waals surface area contributed by atoms with Gasteiger partial charge >= 0.3 is 0 Å².